The van der Waals surface area contributed by atoms with Crippen LogP contribution in [0, 0.1) is 0 Å². The van der Waals surface area contributed by atoms with Gasteiger partial charge in [-0.05, 0) is 74.9 Å². The van der Waals surface area contributed by atoms with E-state index in [1.165, 1.54) is 0 Å². The summed E-state index contributed by atoms with van der Waals surface area (Å²) in [5.41, 5.74) is 1.21. The van der Waals surface area contributed by atoms with Gasteiger partial charge in [-0.3, -0.25) is 14.4 Å². The van der Waals surface area contributed by atoms with Gasteiger partial charge in [-0.25, -0.2) is 0 Å². The molecule has 2 aromatic carbocycles. The van der Waals surface area contributed by atoms with Crippen LogP contribution >= 0.6 is 11.6 Å². The second-order valence-corrected chi connectivity index (χ2v) is 9.00. The lowest BCUT2D eigenvalue weighted by Gasteiger charge is -2.31. The van der Waals surface area contributed by atoms with Gasteiger partial charge < -0.3 is 15.5 Å². The molecule has 6 nitrogen and oxygen atoms in total. The number of halogens is 1. The Morgan fingerprint density at radius 3 is 2.06 bits per heavy atom. The molecule has 2 fully saturated rings. The molecule has 0 aromatic heterocycles. The number of likely N-dealkylation sites (tertiary alicyclic amines) is 1. The molecule has 0 spiro atoms. The van der Waals surface area contributed by atoms with Crippen molar-refractivity contribution < 1.29 is 14.4 Å². The third kappa shape index (κ3) is 5.30. The summed E-state index contributed by atoms with van der Waals surface area (Å²) in [5.74, 6) is -0.270. The molecule has 1 aliphatic heterocycles. The Morgan fingerprint density at radius 1 is 0.781 bits per heavy atom. The quantitative estimate of drug-likeness (QED) is 0.722. The van der Waals surface area contributed by atoms with E-state index in [2.05, 4.69) is 10.6 Å². The molecule has 1 atom stereocenters. The number of amides is 3. The predicted molar refractivity (Wildman–Crippen MR) is 124 cm³/mol. The standard InChI is InChI=1S/C25H28ClN3O3/c26-19-10-8-18(9-11-19)25(32)29-16-4-7-22(29)24(31)28-21-14-12-20(13-15-21)27-23(30)17-5-2-1-3-6-17/h1-3,5-6,8-11,20-22H,4,7,12-16H2,(H,27,30)(H,28,31)/t20?,21?,22-/m0/s1. The summed E-state index contributed by atoms with van der Waals surface area (Å²) in [4.78, 5) is 39.9. The summed E-state index contributed by atoms with van der Waals surface area (Å²) in [6, 6.07) is 15.7. The van der Waals surface area contributed by atoms with Crippen molar-refractivity contribution in [2.24, 2.45) is 0 Å². The Kier molecular flexibility index (Phi) is 7.10. The molecule has 1 saturated heterocycles. The molecule has 168 valence electrons. The van der Waals surface area contributed by atoms with Gasteiger partial charge in [0.1, 0.15) is 6.04 Å². The Hall–Kier alpha value is -2.86. The van der Waals surface area contributed by atoms with Crippen molar-refractivity contribution in [2.45, 2.75) is 56.7 Å². The molecule has 0 bridgehead atoms. The summed E-state index contributed by atoms with van der Waals surface area (Å²) in [5, 5.41) is 6.82. The molecule has 1 heterocycles. The highest BCUT2D eigenvalue weighted by Gasteiger charge is 2.36. The lowest BCUT2D eigenvalue weighted by atomic mass is 9.90. The van der Waals surface area contributed by atoms with E-state index in [0.717, 1.165) is 32.1 Å². The topological polar surface area (TPSA) is 78.5 Å². The first-order valence-corrected chi connectivity index (χ1v) is 11.6. The van der Waals surface area contributed by atoms with Crippen LogP contribution in [-0.4, -0.2) is 47.3 Å². The molecule has 4 rings (SSSR count). The van der Waals surface area contributed by atoms with Crippen LogP contribution in [0.2, 0.25) is 5.02 Å². The number of nitrogens with zero attached hydrogens (tertiary/aromatic N) is 1. The van der Waals surface area contributed by atoms with E-state index in [0.29, 0.717) is 29.1 Å². The van der Waals surface area contributed by atoms with Gasteiger partial charge in [-0.1, -0.05) is 29.8 Å². The second kappa shape index (κ2) is 10.2. The maximum absolute atomic E-state index is 13.0. The number of hydrogen-bond donors (Lipinski definition) is 2. The Morgan fingerprint density at radius 2 is 1.41 bits per heavy atom. The predicted octanol–water partition coefficient (Wildman–Crippen LogP) is 3.80. The first-order chi connectivity index (χ1) is 15.5. The number of benzene rings is 2. The summed E-state index contributed by atoms with van der Waals surface area (Å²) in [7, 11) is 0. The summed E-state index contributed by atoms with van der Waals surface area (Å²) < 4.78 is 0. The number of carbonyl (C=O) groups is 3. The van der Waals surface area contributed by atoms with Gasteiger partial charge in [-0.15, -0.1) is 0 Å². The van der Waals surface area contributed by atoms with E-state index in [-0.39, 0.29) is 29.8 Å². The van der Waals surface area contributed by atoms with Gasteiger partial charge in [-0.2, -0.15) is 0 Å². The third-order valence-corrected chi connectivity index (χ3v) is 6.60. The number of hydrogen-bond acceptors (Lipinski definition) is 3. The van der Waals surface area contributed by atoms with Crippen LogP contribution in [0.5, 0.6) is 0 Å². The number of nitrogens with one attached hydrogen (secondary N) is 2. The van der Waals surface area contributed by atoms with E-state index in [4.69, 9.17) is 11.6 Å². The van der Waals surface area contributed by atoms with Gasteiger partial charge in [0.05, 0.1) is 0 Å². The van der Waals surface area contributed by atoms with Crippen molar-refractivity contribution in [3.05, 3.63) is 70.7 Å². The molecule has 32 heavy (non-hydrogen) atoms. The van der Waals surface area contributed by atoms with Crippen LogP contribution in [0.15, 0.2) is 54.6 Å². The van der Waals surface area contributed by atoms with Gasteiger partial charge in [0.15, 0.2) is 0 Å². The van der Waals surface area contributed by atoms with Crippen molar-refractivity contribution >= 4 is 29.3 Å². The zero-order valence-electron chi connectivity index (χ0n) is 17.9. The molecule has 0 unspecified atom stereocenters. The molecular weight excluding hydrogens is 426 g/mol. The van der Waals surface area contributed by atoms with Crippen molar-refractivity contribution in [1.82, 2.24) is 15.5 Å². The highest BCUT2D eigenvalue weighted by molar-refractivity contribution is 6.30. The third-order valence-electron chi connectivity index (χ3n) is 6.35. The normalized spacial score (nSPS) is 22.9. The van der Waals surface area contributed by atoms with Crippen molar-refractivity contribution in [2.75, 3.05) is 6.54 Å². The fourth-order valence-corrected chi connectivity index (χ4v) is 4.70. The second-order valence-electron chi connectivity index (χ2n) is 8.56. The number of carbonyl (C=O) groups excluding carboxylic acids is 3. The maximum Gasteiger partial charge on any atom is 0.254 e. The average molecular weight is 454 g/mol. The van der Waals surface area contributed by atoms with Gasteiger partial charge in [0, 0.05) is 34.8 Å². The minimum atomic E-state index is -0.436. The fraction of sp³-hybridized carbons (Fsp3) is 0.400. The first kappa shape index (κ1) is 22.3. The zero-order valence-corrected chi connectivity index (χ0v) is 18.7. The molecule has 2 N–H and O–H groups in total. The maximum atomic E-state index is 13.0. The van der Waals surface area contributed by atoms with E-state index in [1.807, 2.05) is 18.2 Å². The molecule has 7 heteroatoms. The lowest BCUT2D eigenvalue weighted by Crippen LogP contribution is -2.50. The summed E-state index contributed by atoms with van der Waals surface area (Å²) in [6.45, 7) is 0.581. The zero-order chi connectivity index (χ0) is 22.5. The number of rotatable bonds is 5. The largest absolute Gasteiger partial charge is 0.352 e. The average Bonchev–Trinajstić information content (AvgIpc) is 3.31. The molecule has 1 saturated carbocycles. The molecule has 0 radical (unpaired) electrons. The van der Waals surface area contributed by atoms with Crippen molar-refractivity contribution in [3.8, 4) is 0 Å². The van der Waals surface area contributed by atoms with Crippen LogP contribution in [0.4, 0.5) is 0 Å². The van der Waals surface area contributed by atoms with Crippen LogP contribution in [-0.2, 0) is 4.79 Å². The minimum absolute atomic E-state index is 0.0552. The van der Waals surface area contributed by atoms with Crippen molar-refractivity contribution in [1.29, 1.82) is 0 Å². The SMILES string of the molecule is O=C(NC1CCC(NC(=O)[C@@H]2CCCN2C(=O)c2ccc(Cl)cc2)CC1)c1ccccc1. The van der Waals surface area contributed by atoms with Gasteiger partial charge >= 0.3 is 0 Å². The van der Waals surface area contributed by atoms with E-state index in [9.17, 15) is 14.4 Å². The van der Waals surface area contributed by atoms with E-state index in [1.54, 1.807) is 41.3 Å². The monoisotopic (exact) mass is 453 g/mol. The summed E-state index contributed by atoms with van der Waals surface area (Å²) in [6.07, 6.45) is 4.75. The molecule has 2 aliphatic rings. The van der Waals surface area contributed by atoms with Crippen LogP contribution in [0.3, 0.4) is 0 Å². The van der Waals surface area contributed by atoms with Crippen LogP contribution in [0.25, 0.3) is 0 Å². The van der Waals surface area contributed by atoms with E-state index >= 15 is 0 Å². The highest BCUT2D eigenvalue weighted by Crippen LogP contribution is 2.23. The van der Waals surface area contributed by atoms with E-state index < -0.39 is 6.04 Å². The fourth-order valence-electron chi connectivity index (χ4n) is 4.58. The smallest absolute Gasteiger partial charge is 0.254 e. The van der Waals surface area contributed by atoms with Gasteiger partial charge in [0.25, 0.3) is 11.8 Å². The Bertz CT molecular complexity index is 956. The molecule has 2 aromatic rings. The lowest BCUT2D eigenvalue weighted by molar-refractivity contribution is -0.125. The van der Waals surface area contributed by atoms with Gasteiger partial charge in [0.2, 0.25) is 5.91 Å². The Labute approximate surface area is 193 Å². The van der Waals surface area contributed by atoms with Crippen LogP contribution in [0.1, 0.15) is 59.2 Å². The molecule has 3 amide bonds. The molecule has 1 aliphatic carbocycles. The minimum Gasteiger partial charge on any atom is -0.352 e. The highest BCUT2D eigenvalue weighted by atomic mass is 35.5. The molecular formula is C25H28ClN3O3. The van der Waals surface area contributed by atoms with Crippen LogP contribution < -0.4 is 10.6 Å². The Balaban J connectivity index is 1.27. The van der Waals surface area contributed by atoms with Crippen molar-refractivity contribution in [3.63, 3.8) is 0 Å². The first-order valence-electron chi connectivity index (χ1n) is 11.2. The summed E-state index contributed by atoms with van der Waals surface area (Å²) >= 11 is 5.92.